The molecule has 0 atom stereocenters. The third-order valence-corrected chi connectivity index (χ3v) is 4.75. The minimum atomic E-state index is -0.00178. The van der Waals surface area contributed by atoms with Crippen molar-refractivity contribution in [1.82, 2.24) is 14.9 Å². The summed E-state index contributed by atoms with van der Waals surface area (Å²) in [6.45, 7) is 4.64. The van der Waals surface area contributed by atoms with E-state index >= 15 is 0 Å². The Morgan fingerprint density at radius 1 is 1.23 bits per heavy atom. The first-order valence-electron chi connectivity index (χ1n) is 8.41. The number of methoxy groups -OCH3 is 1. The minimum Gasteiger partial charge on any atom is -0.480 e. The highest BCUT2D eigenvalue weighted by molar-refractivity contribution is 6.31. The monoisotopic (exact) mass is 372 g/mol. The van der Waals surface area contributed by atoms with Crippen molar-refractivity contribution >= 4 is 29.4 Å². The third-order valence-electron chi connectivity index (χ3n) is 4.34. The molecule has 0 unspecified atom stereocenters. The predicted molar refractivity (Wildman–Crippen MR) is 103 cm³/mol. The number of halogens is 1. The summed E-state index contributed by atoms with van der Waals surface area (Å²) in [6, 6.07) is 5.75. The molecule has 136 valence electrons. The number of hydrogen-bond acceptors (Lipinski definition) is 5. The second-order valence-corrected chi connectivity index (χ2v) is 6.48. The molecule has 1 aromatic carbocycles. The van der Waals surface area contributed by atoms with Crippen LogP contribution in [0.15, 0.2) is 36.7 Å². The molecule has 6 nitrogen and oxygen atoms in total. The Bertz CT molecular complexity index is 817. The van der Waals surface area contributed by atoms with E-state index in [1.165, 1.54) is 0 Å². The molecule has 0 radical (unpaired) electrons. The molecule has 2 heterocycles. The molecular weight excluding hydrogens is 352 g/mol. The fraction of sp³-hybridized carbons (Fsp3) is 0.316. The molecule has 1 aliphatic rings. The van der Waals surface area contributed by atoms with Crippen LogP contribution in [0.1, 0.15) is 11.1 Å². The normalized spacial score (nSPS) is 14.7. The zero-order valence-electron chi connectivity index (χ0n) is 14.9. The Morgan fingerprint density at radius 3 is 2.69 bits per heavy atom. The van der Waals surface area contributed by atoms with Gasteiger partial charge in [-0.2, -0.15) is 4.98 Å². The van der Waals surface area contributed by atoms with Crippen LogP contribution in [-0.4, -0.2) is 54.1 Å². The number of aromatic nitrogens is 2. The highest BCUT2D eigenvalue weighted by Crippen LogP contribution is 2.18. The van der Waals surface area contributed by atoms with Crippen molar-refractivity contribution in [3.05, 3.63) is 52.8 Å². The quantitative estimate of drug-likeness (QED) is 0.772. The summed E-state index contributed by atoms with van der Waals surface area (Å²) in [4.78, 5) is 24.9. The SMILES string of the molecule is COc1cncc(N2CCN(C(=O)/C=C/c3ccc(C)c(Cl)c3)CC2)n1. The molecule has 1 saturated heterocycles. The van der Waals surface area contributed by atoms with E-state index < -0.39 is 0 Å². The lowest BCUT2D eigenvalue weighted by Gasteiger charge is -2.34. The zero-order valence-corrected chi connectivity index (χ0v) is 15.6. The fourth-order valence-corrected chi connectivity index (χ4v) is 2.92. The summed E-state index contributed by atoms with van der Waals surface area (Å²) in [7, 11) is 1.57. The van der Waals surface area contributed by atoms with Crippen molar-refractivity contribution in [2.24, 2.45) is 0 Å². The minimum absolute atomic E-state index is 0.00178. The number of amides is 1. The first-order valence-corrected chi connectivity index (χ1v) is 8.79. The van der Waals surface area contributed by atoms with E-state index in [1.54, 1.807) is 31.7 Å². The van der Waals surface area contributed by atoms with E-state index in [-0.39, 0.29) is 5.91 Å². The van der Waals surface area contributed by atoms with Gasteiger partial charge in [-0.05, 0) is 30.2 Å². The van der Waals surface area contributed by atoms with Gasteiger partial charge in [0.1, 0.15) is 0 Å². The van der Waals surface area contributed by atoms with Gasteiger partial charge in [-0.3, -0.25) is 9.78 Å². The first-order chi connectivity index (χ1) is 12.6. The van der Waals surface area contributed by atoms with E-state index in [2.05, 4.69) is 14.9 Å². The Kier molecular flexibility index (Phi) is 5.73. The molecule has 26 heavy (non-hydrogen) atoms. The molecule has 1 amide bonds. The van der Waals surface area contributed by atoms with Gasteiger partial charge in [0.15, 0.2) is 5.82 Å². The van der Waals surface area contributed by atoms with Crippen LogP contribution in [0.3, 0.4) is 0 Å². The van der Waals surface area contributed by atoms with Gasteiger partial charge in [-0.15, -0.1) is 0 Å². The number of ether oxygens (including phenoxy) is 1. The largest absolute Gasteiger partial charge is 0.480 e. The molecule has 0 N–H and O–H groups in total. The number of carbonyl (C=O) groups excluding carboxylic acids is 1. The molecule has 0 spiro atoms. The van der Waals surface area contributed by atoms with Crippen LogP contribution in [0, 0.1) is 6.92 Å². The maximum Gasteiger partial charge on any atom is 0.246 e. The standard InChI is InChI=1S/C19H21ClN4O2/c1-14-3-4-15(11-16(14)20)5-6-19(25)24-9-7-23(8-10-24)17-12-21-13-18(22-17)26-2/h3-6,11-13H,7-10H2,1-2H3/b6-5+. The van der Waals surface area contributed by atoms with Crippen LogP contribution in [0.25, 0.3) is 6.08 Å². The molecule has 0 saturated carbocycles. The lowest BCUT2D eigenvalue weighted by molar-refractivity contribution is -0.126. The molecule has 0 aliphatic carbocycles. The molecule has 1 aliphatic heterocycles. The number of hydrogen-bond donors (Lipinski definition) is 0. The van der Waals surface area contributed by atoms with Crippen molar-refractivity contribution < 1.29 is 9.53 Å². The molecule has 0 bridgehead atoms. The van der Waals surface area contributed by atoms with E-state index in [9.17, 15) is 4.79 Å². The topological polar surface area (TPSA) is 58.6 Å². The van der Waals surface area contributed by atoms with Gasteiger partial charge < -0.3 is 14.5 Å². The first kappa shape index (κ1) is 18.2. The third kappa shape index (κ3) is 4.32. The Hall–Kier alpha value is -2.60. The number of piperazine rings is 1. The van der Waals surface area contributed by atoms with Crippen LogP contribution in [0.2, 0.25) is 5.02 Å². The number of rotatable bonds is 4. The van der Waals surface area contributed by atoms with Gasteiger partial charge in [-0.1, -0.05) is 23.7 Å². The highest BCUT2D eigenvalue weighted by atomic mass is 35.5. The van der Waals surface area contributed by atoms with Gasteiger partial charge >= 0.3 is 0 Å². The van der Waals surface area contributed by atoms with Crippen molar-refractivity contribution in [2.45, 2.75) is 6.92 Å². The van der Waals surface area contributed by atoms with E-state index in [0.29, 0.717) is 37.1 Å². The molecular formula is C19H21ClN4O2. The van der Waals surface area contributed by atoms with Crippen LogP contribution in [-0.2, 0) is 4.79 Å². The summed E-state index contributed by atoms with van der Waals surface area (Å²) in [5.41, 5.74) is 1.94. The maximum absolute atomic E-state index is 12.4. The van der Waals surface area contributed by atoms with Crippen molar-refractivity contribution in [1.29, 1.82) is 0 Å². The lowest BCUT2D eigenvalue weighted by Crippen LogP contribution is -2.48. The lowest BCUT2D eigenvalue weighted by atomic mass is 10.1. The molecule has 3 rings (SSSR count). The molecule has 7 heteroatoms. The maximum atomic E-state index is 12.4. The number of aryl methyl sites for hydroxylation is 1. The molecule has 1 fully saturated rings. The van der Waals surface area contributed by atoms with E-state index in [0.717, 1.165) is 16.9 Å². The van der Waals surface area contributed by atoms with E-state index in [4.69, 9.17) is 16.3 Å². The summed E-state index contributed by atoms with van der Waals surface area (Å²) >= 11 is 6.12. The summed E-state index contributed by atoms with van der Waals surface area (Å²) in [5, 5.41) is 0.701. The van der Waals surface area contributed by atoms with Crippen LogP contribution < -0.4 is 9.64 Å². The van der Waals surface area contributed by atoms with Gasteiger partial charge in [0, 0.05) is 37.3 Å². The average molecular weight is 373 g/mol. The Labute approximate surface area is 158 Å². The highest BCUT2D eigenvalue weighted by Gasteiger charge is 2.21. The number of anilines is 1. The summed E-state index contributed by atoms with van der Waals surface area (Å²) in [5.74, 6) is 1.25. The number of nitrogens with zero attached hydrogens (tertiary/aromatic N) is 4. The summed E-state index contributed by atoms with van der Waals surface area (Å²) in [6.07, 6.45) is 6.68. The second kappa shape index (κ2) is 8.19. The Balaban J connectivity index is 1.57. The number of carbonyl (C=O) groups is 1. The summed E-state index contributed by atoms with van der Waals surface area (Å²) < 4.78 is 5.11. The van der Waals surface area contributed by atoms with Crippen molar-refractivity contribution in [2.75, 3.05) is 38.2 Å². The van der Waals surface area contributed by atoms with Crippen LogP contribution in [0.5, 0.6) is 5.88 Å². The predicted octanol–water partition coefficient (Wildman–Crippen LogP) is 2.81. The van der Waals surface area contributed by atoms with Gasteiger partial charge in [0.2, 0.25) is 11.8 Å². The van der Waals surface area contributed by atoms with Crippen molar-refractivity contribution in [3.63, 3.8) is 0 Å². The van der Waals surface area contributed by atoms with Gasteiger partial charge in [-0.25, -0.2) is 0 Å². The van der Waals surface area contributed by atoms with Crippen LogP contribution in [0.4, 0.5) is 5.82 Å². The second-order valence-electron chi connectivity index (χ2n) is 6.07. The van der Waals surface area contributed by atoms with Gasteiger partial charge in [0.25, 0.3) is 0 Å². The Morgan fingerprint density at radius 2 is 2.00 bits per heavy atom. The van der Waals surface area contributed by atoms with Crippen LogP contribution >= 0.6 is 11.6 Å². The van der Waals surface area contributed by atoms with E-state index in [1.807, 2.05) is 30.0 Å². The van der Waals surface area contributed by atoms with Crippen molar-refractivity contribution in [3.8, 4) is 5.88 Å². The number of benzene rings is 1. The average Bonchev–Trinajstić information content (AvgIpc) is 2.69. The zero-order chi connectivity index (χ0) is 18.5. The molecule has 1 aromatic heterocycles. The fourth-order valence-electron chi connectivity index (χ4n) is 2.73. The van der Waals surface area contributed by atoms with Gasteiger partial charge in [0.05, 0.1) is 19.5 Å². The smallest absolute Gasteiger partial charge is 0.246 e. The molecule has 2 aromatic rings.